The number of hydrogen-bond acceptors (Lipinski definition) is 2. The number of rotatable bonds is 2. The zero-order chi connectivity index (χ0) is 13.8. The highest BCUT2D eigenvalue weighted by molar-refractivity contribution is 5.98. The highest BCUT2D eigenvalue weighted by Crippen LogP contribution is 2.22. The molecule has 1 aromatic rings. The van der Waals surface area contributed by atoms with Gasteiger partial charge in [-0.2, -0.15) is 0 Å². The molecule has 2 rings (SSSR count). The fourth-order valence-electron chi connectivity index (χ4n) is 2.35. The van der Waals surface area contributed by atoms with E-state index in [1.54, 1.807) is 11.9 Å². The summed E-state index contributed by atoms with van der Waals surface area (Å²) in [5.74, 6) is -0.381. The summed E-state index contributed by atoms with van der Waals surface area (Å²) in [5.41, 5.74) is 0.541. The van der Waals surface area contributed by atoms with Crippen molar-refractivity contribution in [2.24, 2.45) is 5.92 Å². The third kappa shape index (κ3) is 3.10. The maximum absolute atomic E-state index is 12.8. The maximum Gasteiger partial charge on any atom is 0.317 e. The topological polar surface area (TPSA) is 49.4 Å². The number of nitrogens with zero attached hydrogens (tertiary/aromatic N) is 1. The summed E-state index contributed by atoms with van der Waals surface area (Å²) < 4.78 is 12.8. The molecule has 0 saturated carbocycles. The molecule has 0 bridgehead atoms. The predicted molar refractivity (Wildman–Crippen MR) is 69.5 cm³/mol. The lowest BCUT2D eigenvalue weighted by Crippen LogP contribution is -2.44. The van der Waals surface area contributed by atoms with Gasteiger partial charge < -0.3 is 10.2 Å². The van der Waals surface area contributed by atoms with Gasteiger partial charge >= 0.3 is 6.03 Å². The minimum Gasteiger partial charge on any atom is -0.341 e. The Balaban J connectivity index is 1.96. The number of carbonyl (C=O) groups is 2. The molecule has 0 spiro atoms. The van der Waals surface area contributed by atoms with E-state index in [2.05, 4.69) is 5.32 Å². The highest BCUT2D eigenvalue weighted by atomic mass is 19.1. The van der Waals surface area contributed by atoms with E-state index in [0.717, 1.165) is 0 Å². The zero-order valence-corrected chi connectivity index (χ0v) is 10.9. The van der Waals surface area contributed by atoms with E-state index in [-0.39, 0.29) is 23.5 Å². The smallest absolute Gasteiger partial charge is 0.317 e. The predicted octanol–water partition coefficient (Wildman–Crippen LogP) is 2.06. The second-order valence-corrected chi connectivity index (χ2v) is 4.69. The van der Waals surface area contributed by atoms with Crippen molar-refractivity contribution >= 4 is 11.8 Å². The summed E-state index contributed by atoms with van der Waals surface area (Å²) in [6.07, 6.45) is 1.31. The van der Waals surface area contributed by atoms with Crippen LogP contribution in [0.4, 0.5) is 9.18 Å². The Morgan fingerprint density at radius 1 is 1.21 bits per heavy atom. The summed E-state index contributed by atoms with van der Waals surface area (Å²) in [5, 5.41) is 2.58. The quantitative estimate of drug-likeness (QED) is 0.831. The Hall–Kier alpha value is -1.91. The second kappa shape index (κ2) is 5.82. The van der Waals surface area contributed by atoms with Gasteiger partial charge in [0.15, 0.2) is 5.78 Å². The van der Waals surface area contributed by atoms with Crippen molar-refractivity contribution in [3.05, 3.63) is 35.6 Å². The normalized spacial score (nSPS) is 16.2. The average molecular weight is 264 g/mol. The lowest BCUT2D eigenvalue weighted by atomic mass is 9.89. The molecule has 2 amide bonds. The van der Waals surface area contributed by atoms with Gasteiger partial charge in [-0.05, 0) is 37.1 Å². The molecule has 1 fully saturated rings. The van der Waals surface area contributed by atoms with Crippen LogP contribution in [0.2, 0.25) is 0 Å². The molecule has 19 heavy (non-hydrogen) atoms. The Morgan fingerprint density at radius 2 is 1.79 bits per heavy atom. The molecule has 1 aliphatic heterocycles. The minimum atomic E-state index is -0.342. The maximum atomic E-state index is 12.8. The van der Waals surface area contributed by atoms with Crippen molar-refractivity contribution in [2.45, 2.75) is 12.8 Å². The molecule has 1 aromatic carbocycles. The van der Waals surface area contributed by atoms with Crippen LogP contribution in [0.25, 0.3) is 0 Å². The fraction of sp³-hybridized carbons (Fsp3) is 0.429. The molecule has 0 unspecified atom stereocenters. The van der Waals surface area contributed by atoms with E-state index in [1.807, 2.05) is 0 Å². The second-order valence-electron chi connectivity index (χ2n) is 4.69. The number of amides is 2. The van der Waals surface area contributed by atoms with Gasteiger partial charge in [-0.25, -0.2) is 9.18 Å². The molecule has 1 heterocycles. The van der Waals surface area contributed by atoms with Gasteiger partial charge in [0.05, 0.1) is 0 Å². The van der Waals surface area contributed by atoms with Crippen molar-refractivity contribution in [3.63, 3.8) is 0 Å². The fourth-order valence-corrected chi connectivity index (χ4v) is 2.35. The number of nitrogens with one attached hydrogen (secondary N) is 1. The molecule has 0 atom stereocenters. The van der Waals surface area contributed by atoms with E-state index < -0.39 is 0 Å². The van der Waals surface area contributed by atoms with Crippen LogP contribution in [0.15, 0.2) is 24.3 Å². The van der Waals surface area contributed by atoms with E-state index >= 15 is 0 Å². The molecule has 1 aliphatic rings. The Bertz CT molecular complexity index is 465. The van der Waals surface area contributed by atoms with Crippen LogP contribution < -0.4 is 5.32 Å². The third-order valence-electron chi connectivity index (χ3n) is 3.50. The van der Waals surface area contributed by atoms with Crippen molar-refractivity contribution in [3.8, 4) is 0 Å². The van der Waals surface area contributed by atoms with Crippen molar-refractivity contribution in [2.75, 3.05) is 20.1 Å². The number of hydrogen-bond donors (Lipinski definition) is 1. The summed E-state index contributed by atoms with van der Waals surface area (Å²) in [6.45, 7) is 1.16. The van der Waals surface area contributed by atoms with Gasteiger partial charge in [-0.15, -0.1) is 0 Å². The first-order chi connectivity index (χ1) is 9.11. The molecule has 0 aromatic heterocycles. The molecule has 5 heteroatoms. The van der Waals surface area contributed by atoms with Gasteiger partial charge in [-0.3, -0.25) is 4.79 Å². The highest BCUT2D eigenvalue weighted by Gasteiger charge is 2.27. The molecule has 4 nitrogen and oxygen atoms in total. The minimum absolute atomic E-state index is 0.0385. The van der Waals surface area contributed by atoms with Crippen LogP contribution in [0.1, 0.15) is 23.2 Å². The number of piperidine rings is 1. The first kappa shape index (κ1) is 13.5. The van der Waals surface area contributed by atoms with Crippen LogP contribution in [0.3, 0.4) is 0 Å². The van der Waals surface area contributed by atoms with Gasteiger partial charge in [0.1, 0.15) is 5.82 Å². The van der Waals surface area contributed by atoms with Crippen LogP contribution in [-0.4, -0.2) is 36.9 Å². The van der Waals surface area contributed by atoms with E-state index in [0.29, 0.717) is 31.5 Å². The monoisotopic (exact) mass is 264 g/mol. The van der Waals surface area contributed by atoms with E-state index in [1.165, 1.54) is 24.3 Å². The number of ketones is 1. The molecule has 1 N–H and O–H groups in total. The van der Waals surface area contributed by atoms with Gasteiger partial charge in [0.2, 0.25) is 0 Å². The molecular weight excluding hydrogens is 247 g/mol. The van der Waals surface area contributed by atoms with Gasteiger partial charge in [0, 0.05) is 31.6 Å². The summed E-state index contributed by atoms with van der Waals surface area (Å²) in [7, 11) is 1.60. The Kier molecular flexibility index (Phi) is 4.14. The third-order valence-corrected chi connectivity index (χ3v) is 3.50. The first-order valence-electron chi connectivity index (χ1n) is 6.38. The molecule has 0 radical (unpaired) electrons. The van der Waals surface area contributed by atoms with E-state index in [4.69, 9.17) is 0 Å². The molecular formula is C14H17FN2O2. The zero-order valence-electron chi connectivity index (χ0n) is 10.9. The Morgan fingerprint density at radius 3 is 2.32 bits per heavy atom. The standard InChI is InChI=1S/C14H17FN2O2/c1-16-14(19)17-8-6-11(7-9-17)13(18)10-2-4-12(15)5-3-10/h2-5,11H,6-9H2,1H3,(H,16,19). The number of benzene rings is 1. The molecule has 1 saturated heterocycles. The number of likely N-dealkylation sites (tertiary alicyclic amines) is 1. The first-order valence-corrected chi connectivity index (χ1v) is 6.38. The number of Topliss-reactive ketones (excluding diaryl/α,β-unsaturated/α-hetero) is 1. The Labute approximate surface area is 111 Å². The van der Waals surface area contributed by atoms with E-state index in [9.17, 15) is 14.0 Å². The van der Waals surface area contributed by atoms with Crippen LogP contribution >= 0.6 is 0 Å². The summed E-state index contributed by atoms with van der Waals surface area (Å²) in [4.78, 5) is 25.4. The summed E-state index contributed by atoms with van der Waals surface area (Å²) in [6, 6.07) is 5.53. The van der Waals surface area contributed by atoms with Gasteiger partial charge in [0.25, 0.3) is 0 Å². The largest absolute Gasteiger partial charge is 0.341 e. The number of urea groups is 1. The lowest BCUT2D eigenvalue weighted by molar-refractivity contribution is 0.0855. The summed E-state index contributed by atoms with van der Waals surface area (Å²) >= 11 is 0. The average Bonchev–Trinajstić information content (AvgIpc) is 2.46. The van der Waals surface area contributed by atoms with Crippen LogP contribution in [0.5, 0.6) is 0 Å². The van der Waals surface area contributed by atoms with Crippen molar-refractivity contribution in [1.29, 1.82) is 0 Å². The van der Waals surface area contributed by atoms with Crippen LogP contribution in [0, 0.1) is 11.7 Å². The van der Waals surface area contributed by atoms with Crippen molar-refractivity contribution < 1.29 is 14.0 Å². The molecule has 102 valence electrons. The van der Waals surface area contributed by atoms with Gasteiger partial charge in [-0.1, -0.05) is 0 Å². The lowest BCUT2D eigenvalue weighted by Gasteiger charge is -2.30. The SMILES string of the molecule is CNC(=O)N1CCC(C(=O)c2ccc(F)cc2)CC1. The number of carbonyl (C=O) groups excluding carboxylic acids is 2. The van der Waals surface area contributed by atoms with Crippen LogP contribution in [-0.2, 0) is 0 Å². The van der Waals surface area contributed by atoms with Crippen molar-refractivity contribution in [1.82, 2.24) is 10.2 Å². The number of halogens is 1. The molecule has 0 aliphatic carbocycles.